The topological polar surface area (TPSA) is 70.5 Å². The molecule has 0 N–H and O–H groups in total. The number of carbonyl (C=O) groups is 1. The molecule has 0 bridgehead atoms. The summed E-state index contributed by atoms with van der Waals surface area (Å²) >= 11 is 0. The Morgan fingerprint density at radius 2 is 1.44 bits per heavy atom. The lowest BCUT2D eigenvalue weighted by Gasteiger charge is -2.29. The summed E-state index contributed by atoms with van der Waals surface area (Å²) in [5.74, 6) is -5.01. The number of nitrogens with zero attached hydrogens (tertiary/aromatic N) is 2. The molecule has 3 rings (SSSR count). The number of esters is 1. The lowest BCUT2D eigenvalue weighted by atomic mass is 9.77. The van der Waals surface area contributed by atoms with Crippen molar-refractivity contribution < 1.29 is 32.2 Å². The molecule has 0 spiro atoms. The molecule has 2 aromatic carbocycles. The smallest absolute Gasteiger partial charge is 0.314 e. The van der Waals surface area contributed by atoms with E-state index in [0.717, 1.165) is 0 Å². The molecule has 1 atom stereocenters. The first-order valence-electron chi connectivity index (χ1n) is 12.7. The summed E-state index contributed by atoms with van der Waals surface area (Å²) < 4.78 is 61.8. The van der Waals surface area contributed by atoms with Crippen LogP contribution >= 0.6 is 0 Å². The second-order valence-corrected chi connectivity index (χ2v) is 11.3. The molecule has 0 aliphatic heterocycles. The second-order valence-electron chi connectivity index (χ2n) is 11.3. The Kier molecular flexibility index (Phi) is 9.25. The standard InChI is InChI=1S/C30H35F3N2O4/c1-8-37-26-21(24(32)23(31)20(25(26)33)16-38-19-12-10-9-11-13-19)17-39-27(36)22(29(2,3)4)18-14-34-28(35-15-18)30(5,6)7/h9-15,22H,8,16-17H2,1-7H3. The van der Waals surface area contributed by atoms with Crippen LogP contribution in [0.25, 0.3) is 0 Å². The van der Waals surface area contributed by atoms with Gasteiger partial charge in [0.1, 0.15) is 24.8 Å². The highest BCUT2D eigenvalue weighted by atomic mass is 19.2. The van der Waals surface area contributed by atoms with Crippen LogP contribution in [0.15, 0.2) is 42.7 Å². The maximum Gasteiger partial charge on any atom is 0.314 e. The van der Waals surface area contributed by atoms with Crippen LogP contribution in [0.1, 0.15) is 76.9 Å². The van der Waals surface area contributed by atoms with Crippen molar-refractivity contribution in [1.82, 2.24) is 9.97 Å². The van der Waals surface area contributed by atoms with Gasteiger partial charge in [0, 0.05) is 23.4 Å². The van der Waals surface area contributed by atoms with E-state index < -0.39 is 64.8 Å². The van der Waals surface area contributed by atoms with E-state index in [9.17, 15) is 4.79 Å². The number of rotatable bonds is 9. The summed E-state index contributed by atoms with van der Waals surface area (Å²) in [6.07, 6.45) is 3.13. The summed E-state index contributed by atoms with van der Waals surface area (Å²) in [5.41, 5.74) is -1.55. The van der Waals surface area contributed by atoms with E-state index >= 15 is 13.2 Å². The average molecular weight is 545 g/mol. The Morgan fingerprint density at radius 3 is 1.97 bits per heavy atom. The average Bonchev–Trinajstić information content (AvgIpc) is 2.86. The molecule has 9 heteroatoms. The molecule has 1 aromatic heterocycles. The van der Waals surface area contributed by atoms with Gasteiger partial charge in [-0.1, -0.05) is 59.7 Å². The first kappa shape index (κ1) is 29.9. The molecule has 1 unspecified atom stereocenters. The largest absolute Gasteiger partial charge is 0.490 e. The fraction of sp³-hybridized carbons (Fsp3) is 0.433. The molecule has 0 fully saturated rings. The van der Waals surface area contributed by atoms with Gasteiger partial charge in [0.05, 0.1) is 23.7 Å². The molecule has 3 aromatic rings. The number of halogens is 3. The van der Waals surface area contributed by atoms with Crippen LogP contribution in [-0.4, -0.2) is 22.5 Å². The van der Waals surface area contributed by atoms with Gasteiger partial charge in [0.25, 0.3) is 0 Å². The van der Waals surface area contributed by atoms with Crippen molar-refractivity contribution in [3.8, 4) is 11.5 Å². The summed E-state index contributed by atoms with van der Waals surface area (Å²) in [6.45, 7) is 11.7. The van der Waals surface area contributed by atoms with Gasteiger partial charge in [-0.25, -0.2) is 23.1 Å². The zero-order valence-corrected chi connectivity index (χ0v) is 23.4. The minimum atomic E-state index is -1.43. The third-order valence-electron chi connectivity index (χ3n) is 6.01. The van der Waals surface area contributed by atoms with Gasteiger partial charge in [-0.15, -0.1) is 0 Å². The van der Waals surface area contributed by atoms with Crippen molar-refractivity contribution in [3.05, 3.63) is 82.7 Å². The van der Waals surface area contributed by atoms with Gasteiger partial charge >= 0.3 is 5.97 Å². The molecular weight excluding hydrogens is 509 g/mol. The van der Waals surface area contributed by atoms with Crippen LogP contribution < -0.4 is 9.47 Å². The fourth-order valence-corrected chi connectivity index (χ4v) is 4.04. The highest BCUT2D eigenvalue weighted by Crippen LogP contribution is 2.38. The van der Waals surface area contributed by atoms with Gasteiger partial charge in [0.15, 0.2) is 23.2 Å². The Labute approximate surface area is 227 Å². The van der Waals surface area contributed by atoms with Gasteiger partial charge in [-0.3, -0.25) is 4.79 Å². The van der Waals surface area contributed by atoms with Gasteiger partial charge in [-0.05, 0) is 24.5 Å². The minimum absolute atomic E-state index is 0.0238. The van der Waals surface area contributed by atoms with E-state index in [1.165, 1.54) is 0 Å². The lowest BCUT2D eigenvalue weighted by molar-refractivity contribution is -0.149. The molecule has 1 heterocycles. The van der Waals surface area contributed by atoms with Crippen LogP contribution in [0.4, 0.5) is 13.2 Å². The number of hydrogen-bond donors (Lipinski definition) is 0. The number of aromatic nitrogens is 2. The van der Waals surface area contributed by atoms with Crippen LogP contribution in [0.2, 0.25) is 0 Å². The van der Waals surface area contributed by atoms with Crippen molar-refractivity contribution in [2.45, 2.75) is 73.0 Å². The number of hydrogen-bond acceptors (Lipinski definition) is 6. The minimum Gasteiger partial charge on any atom is -0.490 e. The third kappa shape index (κ3) is 7.07. The van der Waals surface area contributed by atoms with Crippen molar-refractivity contribution in [3.63, 3.8) is 0 Å². The summed E-state index contributed by atoms with van der Waals surface area (Å²) in [7, 11) is 0. The maximum atomic E-state index is 15.4. The van der Waals surface area contributed by atoms with Crippen molar-refractivity contribution in [2.24, 2.45) is 5.41 Å². The molecule has 0 radical (unpaired) electrons. The number of ether oxygens (including phenoxy) is 3. The Morgan fingerprint density at radius 1 is 0.846 bits per heavy atom. The monoisotopic (exact) mass is 544 g/mol. The molecule has 39 heavy (non-hydrogen) atoms. The van der Waals surface area contributed by atoms with Crippen LogP contribution in [0, 0.1) is 22.9 Å². The molecule has 0 saturated carbocycles. The zero-order chi connectivity index (χ0) is 29.0. The molecule has 6 nitrogen and oxygen atoms in total. The first-order valence-corrected chi connectivity index (χ1v) is 12.7. The fourth-order valence-electron chi connectivity index (χ4n) is 4.04. The van der Waals surface area contributed by atoms with Crippen LogP contribution in [-0.2, 0) is 28.2 Å². The van der Waals surface area contributed by atoms with E-state index in [2.05, 4.69) is 9.97 Å². The Bertz CT molecular complexity index is 1290. The lowest BCUT2D eigenvalue weighted by Crippen LogP contribution is -2.29. The van der Waals surface area contributed by atoms with Crippen LogP contribution in [0.5, 0.6) is 11.5 Å². The third-order valence-corrected chi connectivity index (χ3v) is 6.01. The number of carbonyl (C=O) groups excluding carboxylic acids is 1. The molecule has 0 aliphatic carbocycles. The summed E-state index contributed by atoms with van der Waals surface area (Å²) in [4.78, 5) is 22.1. The Balaban J connectivity index is 1.89. The second kappa shape index (κ2) is 12.1. The molecular formula is C30H35F3N2O4. The van der Waals surface area contributed by atoms with Gasteiger partial charge in [-0.2, -0.15) is 0 Å². The summed E-state index contributed by atoms with van der Waals surface area (Å²) in [6, 6.07) is 8.37. The van der Waals surface area contributed by atoms with E-state index in [1.807, 2.05) is 41.5 Å². The molecule has 210 valence electrons. The van der Waals surface area contributed by atoms with Crippen molar-refractivity contribution in [2.75, 3.05) is 6.61 Å². The van der Waals surface area contributed by atoms with E-state index in [-0.39, 0.29) is 12.0 Å². The maximum absolute atomic E-state index is 15.4. The zero-order valence-electron chi connectivity index (χ0n) is 23.4. The number of benzene rings is 2. The van der Waals surface area contributed by atoms with E-state index in [0.29, 0.717) is 17.1 Å². The number of para-hydroxylation sites is 1. The molecule has 0 aliphatic rings. The van der Waals surface area contributed by atoms with Crippen LogP contribution in [0.3, 0.4) is 0 Å². The van der Waals surface area contributed by atoms with Gasteiger partial charge < -0.3 is 14.2 Å². The highest BCUT2D eigenvalue weighted by molar-refractivity contribution is 5.79. The molecule has 0 amide bonds. The normalized spacial score (nSPS) is 12.7. The SMILES string of the molecule is CCOc1c(F)c(COc2ccccc2)c(F)c(F)c1COC(=O)C(c1cnc(C(C)(C)C)nc1)C(C)(C)C. The van der Waals surface area contributed by atoms with E-state index in [1.54, 1.807) is 49.6 Å². The first-order chi connectivity index (χ1) is 18.3. The van der Waals surface area contributed by atoms with Gasteiger partial charge in [0.2, 0.25) is 0 Å². The van der Waals surface area contributed by atoms with Crippen molar-refractivity contribution >= 4 is 5.97 Å². The predicted molar refractivity (Wildman–Crippen MR) is 141 cm³/mol. The van der Waals surface area contributed by atoms with Crippen molar-refractivity contribution in [1.29, 1.82) is 0 Å². The Hall–Kier alpha value is -3.62. The summed E-state index contributed by atoms with van der Waals surface area (Å²) in [5, 5.41) is 0. The molecule has 0 saturated heterocycles. The predicted octanol–water partition coefficient (Wildman–Crippen LogP) is 7.04. The highest BCUT2D eigenvalue weighted by Gasteiger charge is 2.36. The van der Waals surface area contributed by atoms with E-state index in [4.69, 9.17) is 14.2 Å². The quantitative estimate of drug-likeness (QED) is 0.213.